The summed E-state index contributed by atoms with van der Waals surface area (Å²) in [7, 11) is -8.59. The van der Waals surface area contributed by atoms with Crippen molar-refractivity contribution in [3.05, 3.63) is 52.0 Å². The molecule has 0 aliphatic heterocycles. The molecule has 0 amide bonds. The molecular weight excluding hydrogens is 489 g/mol. The molecular formula is C17H17Cl2F3NO5PS. The van der Waals surface area contributed by atoms with E-state index in [1.165, 1.54) is 12.1 Å². The first kappa shape index (κ1) is 25.0. The first-order valence-electron chi connectivity index (χ1n) is 8.43. The zero-order valence-corrected chi connectivity index (χ0v) is 18.9. The zero-order chi connectivity index (χ0) is 22.7. The monoisotopic (exact) mass is 505 g/mol. The molecule has 2 aromatic rings. The van der Waals surface area contributed by atoms with Crippen LogP contribution in [0.4, 0.5) is 18.9 Å². The van der Waals surface area contributed by atoms with Crippen molar-refractivity contribution in [3.63, 3.8) is 0 Å². The van der Waals surface area contributed by atoms with Crippen LogP contribution in [-0.2, 0) is 29.8 Å². The summed E-state index contributed by atoms with van der Waals surface area (Å²) in [6.45, 7) is 3.00. The molecule has 0 aliphatic rings. The Labute approximate surface area is 181 Å². The largest absolute Gasteiger partial charge is 0.417 e. The summed E-state index contributed by atoms with van der Waals surface area (Å²) in [5, 5.41) is -0.898. The minimum Gasteiger partial charge on any atom is -0.305 e. The molecule has 0 unspecified atom stereocenters. The van der Waals surface area contributed by atoms with E-state index in [0.29, 0.717) is 6.07 Å². The predicted molar refractivity (Wildman–Crippen MR) is 109 cm³/mol. The highest BCUT2D eigenvalue weighted by Crippen LogP contribution is 2.49. The van der Waals surface area contributed by atoms with E-state index in [9.17, 15) is 26.2 Å². The summed E-state index contributed by atoms with van der Waals surface area (Å²) in [4.78, 5) is -0.552. The highest BCUT2D eigenvalue weighted by Gasteiger charge is 2.36. The first-order valence-corrected chi connectivity index (χ1v) is 12.2. The van der Waals surface area contributed by atoms with Gasteiger partial charge in [-0.3, -0.25) is 9.29 Å². The van der Waals surface area contributed by atoms with Gasteiger partial charge in [-0.05, 0) is 50.2 Å². The van der Waals surface area contributed by atoms with Crippen molar-refractivity contribution in [1.29, 1.82) is 0 Å². The maximum Gasteiger partial charge on any atom is 0.417 e. The minimum atomic E-state index is -4.79. The van der Waals surface area contributed by atoms with Crippen LogP contribution in [0.1, 0.15) is 19.4 Å². The number of benzene rings is 2. The number of hydrogen-bond acceptors (Lipinski definition) is 5. The van der Waals surface area contributed by atoms with Gasteiger partial charge in [-0.15, -0.1) is 0 Å². The minimum absolute atomic E-state index is 0.00856. The average Bonchev–Trinajstić information content (AvgIpc) is 2.62. The van der Waals surface area contributed by atoms with Gasteiger partial charge in [0.2, 0.25) is 0 Å². The molecule has 30 heavy (non-hydrogen) atoms. The standard InChI is InChI=1S/C17H17Cl2F3NO5PS/c1-3-27-29(24,28-4-2)15-8-5-11(18)9-16(15)30(25,26)23-12-6-7-14(19)13(10-12)17(20,21)22/h5-10,23H,3-4H2,1-2H3. The molecule has 2 rings (SSSR count). The van der Waals surface area contributed by atoms with Crippen molar-refractivity contribution < 1.29 is 35.2 Å². The van der Waals surface area contributed by atoms with E-state index in [2.05, 4.69) is 0 Å². The van der Waals surface area contributed by atoms with Gasteiger partial charge < -0.3 is 9.05 Å². The second-order valence-electron chi connectivity index (χ2n) is 5.74. The SMILES string of the molecule is CCOP(=O)(OCC)c1ccc(Cl)cc1S(=O)(=O)Nc1ccc(Cl)c(C(F)(F)F)c1. The van der Waals surface area contributed by atoms with Crippen molar-refractivity contribution in [2.24, 2.45) is 0 Å². The van der Waals surface area contributed by atoms with Crippen LogP contribution in [0.2, 0.25) is 10.0 Å². The molecule has 0 heterocycles. The Bertz CT molecular complexity index is 1070. The van der Waals surface area contributed by atoms with Crippen molar-refractivity contribution in [3.8, 4) is 0 Å². The van der Waals surface area contributed by atoms with Crippen molar-refractivity contribution in [2.45, 2.75) is 24.9 Å². The predicted octanol–water partition coefficient (Wildman–Crippen LogP) is 5.70. The van der Waals surface area contributed by atoms with Crippen molar-refractivity contribution in [1.82, 2.24) is 0 Å². The molecule has 0 aliphatic carbocycles. The van der Waals surface area contributed by atoms with Crippen LogP contribution >= 0.6 is 30.8 Å². The van der Waals surface area contributed by atoms with E-state index in [-0.39, 0.29) is 23.5 Å². The summed E-state index contributed by atoms with van der Waals surface area (Å²) in [6.07, 6.45) is -4.79. The quantitative estimate of drug-likeness (QED) is 0.465. The molecule has 0 aromatic heterocycles. The smallest absolute Gasteiger partial charge is 0.305 e. The van der Waals surface area contributed by atoms with E-state index in [1.807, 2.05) is 4.72 Å². The summed E-state index contributed by atoms with van der Waals surface area (Å²) in [6, 6.07) is 5.99. The third-order valence-electron chi connectivity index (χ3n) is 3.63. The zero-order valence-electron chi connectivity index (χ0n) is 15.7. The van der Waals surface area contributed by atoms with Gasteiger partial charge in [0.1, 0.15) is 4.90 Å². The summed E-state index contributed by atoms with van der Waals surface area (Å²) in [5.74, 6) is 0. The summed E-state index contributed by atoms with van der Waals surface area (Å²) >= 11 is 11.5. The van der Waals surface area contributed by atoms with Gasteiger partial charge in [0.05, 0.1) is 29.1 Å². The third-order valence-corrected chi connectivity index (χ3v) is 7.94. The van der Waals surface area contributed by atoms with E-state index in [1.54, 1.807) is 13.8 Å². The molecule has 13 heteroatoms. The van der Waals surface area contributed by atoms with Crippen LogP contribution < -0.4 is 10.0 Å². The fraction of sp³-hybridized carbons (Fsp3) is 0.294. The van der Waals surface area contributed by atoms with Gasteiger partial charge >= 0.3 is 13.8 Å². The molecule has 166 valence electrons. The lowest BCUT2D eigenvalue weighted by atomic mass is 10.2. The third kappa shape index (κ3) is 5.69. The van der Waals surface area contributed by atoms with Crippen LogP contribution in [0.15, 0.2) is 41.3 Å². The number of alkyl halides is 3. The van der Waals surface area contributed by atoms with Crippen LogP contribution in [0.5, 0.6) is 0 Å². The topological polar surface area (TPSA) is 81.7 Å². The molecule has 0 spiro atoms. The van der Waals surface area contributed by atoms with Crippen LogP contribution in [0.25, 0.3) is 0 Å². The van der Waals surface area contributed by atoms with E-state index in [4.69, 9.17) is 32.2 Å². The number of anilines is 1. The number of nitrogens with one attached hydrogen (secondary N) is 1. The lowest BCUT2D eigenvalue weighted by Crippen LogP contribution is -2.23. The number of rotatable bonds is 8. The Morgan fingerprint density at radius 3 is 2.17 bits per heavy atom. The number of sulfonamides is 1. The number of halogens is 5. The highest BCUT2D eigenvalue weighted by molar-refractivity contribution is 7.93. The summed E-state index contributed by atoms with van der Waals surface area (Å²) in [5.41, 5.74) is -1.62. The Hall–Kier alpha value is -1.29. The van der Waals surface area contributed by atoms with Crippen molar-refractivity contribution in [2.75, 3.05) is 17.9 Å². The Kier molecular flexibility index (Phi) is 7.88. The van der Waals surface area contributed by atoms with Gasteiger partial charge in [-0.1, -0.05) is 23.2 Å². The fourth-order valence-electron chi connectivity index (χ4n) is 2.46. The van der Waals surface area contributed by atoms with Crippen LogP contribution in [0, 0.1) is 0 Å². The average molecular weight is 506 g/mol. The van der Waals surface area contributed by atoms with Crippen LogP contribution in [-0.4, -0.2) is 21.6 Å². The molecule has 0 bridgehead atoms. The van der Waals surface area contributed by atoms with E-state index < -0.39 is 45.0 Å². The van der Waals surface area contributed by atoms with Gasteiger partial charge in [0.25, 0.3) is 10.0 Å². The molecule has 1 N–H and O–H groups in total. The molecule has 2 aromatic carbocycles. The lowest BCUT2D eigenvalue weighted by molar-refractivity contribution is -0.137. The van der Waals surface area contributed by atoms with Gasteiger partial charge in [0, 0.05) is 10.7 Å². The second kappa shape index (κ2) is 9.46. The fourth-order valence-corrected chi connectivity index (χ4v) is 6.42. The molecule has 0 saturated carbocycles. The van der Waals surface area contributed by atoms with Crippen molar-refractivity contribution >= 4 is 51.8 Å². The lowest BCUT2D eigenvalue weighted by Gasteiger charge is -2.21. The van der Waals surface area contributed by atoms with Gasteiger partial charge in [-0.2, -0.15) is 13.2 Å². The maximum absolute atomic E-state index is 13.1. The molecule has 0 radical (unpaired) electrons. The maximum atomic E-state index is 13.1. The molecule has 6 nitrogen and oxygen atoms in total. The second-order valence-corrected chi connectivity index (χ2v) is 10.2. The van der Waals surface area contributed by atoms with Gasteiger partial charge in [-0.25, -0.2) is 8.42 Å². The molecule has 0 saturated heterocycles. The normalized spacial score (nSPS) is 12.8. The van der Waals surface area contributed by atoms with E-state index in [0.717, 1.165) is 18.2 Å². The Balaban J connectivity index is 2.59. The Morgan fingerprint density at radius 1 is 1.03 bits per heavy atom. The molecule has 0 atom stereocenters. The first-order chi connectivity index (χ1) is 13.8. The highest BCUT2D eigenvalue weighted by atomic mass is 35.5. The summed E-state index contributed by atoms with van der Waals surface area (Å²) < 4.78 is 90.7. The van der Waals surface area contributed by atoms with E-state index >= 15 is 0 Å². The Morgan fingerprint density at radius 2 is 1.63 bits per heavy atom. The number of hydrogen-bond donors (Lipinski definition) is 1. The molecule has 0 fully saturated rings. The van der Waals surface area contributed by atoms with Gasteiger partial charge in [0.15, 0.2) is 0 Å². The van der Waals surface area contributed by atoms with Crippen LogP contribution in [0.3, 0.4) is 0 Å².